The van der Waals surface area contributed by atoms with E-state index in [1.165, 1.54) is 0 Å². The van der Waals surface area contributed by atoms with E-state index >= 15 is 0 Å². The van der Waals surface area contributed by atoms with Gasteiger partial charge < -0.3 is 24.1 Å². The second kappa shape index (κ2) is 8.12. The summed E-state index contributed by atoms with van der Waals surface area (Å²) in [7, 11) is 6.37. The van der Waals surface area contributed by atoms with Crippen molar-refractivity contribution in [2.45, 2.75) is 26.4 Å². The number of methoxy groups -OCH3 is 4. The molecule has 1 atom stereocenters. The first-order chi connectivity index (χ1) is 12.0. The molecule has 0 bridgehead atoms. The number of hydrogen-bond donors (Lipinski definition) is 1. The summed E-state index contributed by atoms with van der Waals surface area (Å²) in [5, 5.41) is 12.2. The molecule has 0 aliphatic carbocycles. The van der Waals surface area contributed by atoms with Crippen molar-refractivity contribution < 1.29 is 24.1 Å². The molecular formula is C20H26O5. The van der Waals surface area contributed by atoms with Crippen molar-refractivity contribution in [1.29, 1.82) is 0 Å². The fourth-order valence-corrected chi connectivity index (χ4v) is 2.90. The van der Waals surface area contributed by atoms with Gasteiger partial charge in [0.15, 0.2) is 0 Å². The Hall–Kier alpha value is -2.40. The first-order valence-electron chi connectivity index (χ1n) is 8.09. The highest BCUT2D eigenvalue weighted by Crippen LogP contribution is 2.48. The minimum Gasteiger partial charge on any atom is -0.496 e. The van der Waals surface area contributed by atoms with Crippen molar-refractivity contribution in [2.75, 3.05) is 28.4 Å². The van der Waals surface area contributed by atoms with E-state index in [4.69, 9.17) is 18.9 Å². The van der Waals surface area contributed by atoms with E-state index in [-0.39, 0.29) is 0 Å². The number of ether oxygens (including phenoxy) is 4. The van der Waals surface area contributed by atoms with Crippen LogP contribution in [0, 0.1) is 0 Å². The zero-order chi connectivity index (χ0) is 18.6. The molecule has 0 saturated carbocycles. The minimum absolute atomic E-state index is 0.486. The van der Waals surface area contributed by atoms with Crippen LogP contribution in [0.2, 0.25) is 0 Å². The quantitative estimate of drug-likeness (QED) is 0.759. The average molecular weight is 346 g/mol. The lowest BCUT2D eigenvalue weighted by molar-refractivity contribution is 0.176. The fourth-order valence-electron chi connectivity index (χ4n) is 2.90. The van der Waals surface area contributed by atoms with Gasteiger partial charge in [0.05, 0.1) is 45.3 Å². The zero-order valence-corrected chi connectivity index (χ0v) is 15.7. The smallest absolute Gasteiger partial charge is 0.136 e. The van der Waals surface area contributed by atoms with Crippen LogP contribution in [0.4, 0.5) is 0 Å². The van der Waals surface area contributed by atoms with Crippen molar-refractivity contribution in [1.82, 2.24) is 0 Å². The SMILES string of the molecule is COc1ccc(OC)c2c(OC)c([C@H](O)CC=C(C)C)cc(OC)c12. The summed E-state index contributed by atoms with van der Waals surface area (Å²) < 4.78 is 22.2. The van der Waals surface area contributed by atoms with Gasteiger partial charge in [-0.3, -0.25) is 0 Å². The summed E-state index contributed by atoms with van der Waals surface area (Å²) in [5.41, 5.74) is 1.79. The fraction of sp³-hybridized carbons (Fsp3) is 0.400. The monoisotopic (exact) mass is 346 g/mol. The van der Waals surface area contributed by atoms with Crippen LogP contribution in [-0.4, -0.2) is 33.5 Å². The van der Waals surface area contributed by atoms with Gasteiger partial charge in [-0.15, -0.1) is 0 Å². The predicted octanol–water partition coefficient (Wildman–Crippen LogP) is 4.26. The molecule has 0 spiro atoms. The summed E-state index contributed by atoms with van der Waals surface area (Å²) in [4.78, 5) is 0. The van der Waals surface area contributed by atoms with Crippen molar-refractivity contribution >= 4 is 10.8 Å². The molecule has 5 heteroatoms. The number of rotatable bonds is 7. The van der Waals surface area contributed by atoms with E-state index in [2.05, 4.69) is 0 Å². The Bertz CT molecular complexity index is 775. The predicted molar refractivity (Wildman–Crippen MR) is 99.2 cm³/mol. The second-order valence-electron chi connectivity index (χ2n) is 5.95. The zero-order valence-electron chi connectivity index (χ0n) is 15.7. The van der Waals surface area contributed by atoms with E-state index in [1.807, 2.05) is 32.1 Å². The molecule has 0 amide bonds. The topological polar surface area (TPSA) is 57.2 Å². The molecule has 5 nitrogen and oxygen atoms in total. The Morgan fingerprint density at radius 2 is 1.48 bits per heavy atom. The first-order valence-corrected chi connectivity index (χ1v) is 8.09. The number of aliphatic hydroxyl groups is 1. The molecule has 2 rings (SSSR count). The first kappa shape index (κ1) is 18.9. The van der Waals surface area contributed by atoms with Crippen LogP contribution in [0.5, 0.6) is 23.0 Å². The number of benzene rings is 2. The van der Waals surface area contributed by atoms with Crippen LogP contribution < -0.4 is 18.9 Å². The Labute approximate surface area is 148 Å². The van der Waals surface area contributed by atoms with Crippen molar-refractivity contribution in [3.63, 3.8) is 0 Å². The molecule has 1 N–H and O–H groups in total. The third-order valence-corrected chi connectivity index (χ3v) is 4.12. The molecule has 0 aliphatic rings. The van der Waals surface area contributed by atoms with E-state index in [1.54, 1.807) is 34.5 Å². The van der Waals surface area contributed by atoms with Crippen molar-refractivity contribution in [2.24, 2.45) is 0 Å². The molecule has 0 aromatic heterocycles. The van der Waals surface area contributed by atoms with Gasteiger partial charge in [0.1, 0.15) is 23.0 Å². The summed E-state index contributed by atoms with van der Waals surface area (Å²) in [6.45, 7) is 4.00. The van der Waals surface area contributed by atoms with E-state index in [0.717, 1.165) is 16.3 Å². The van der Waals surface area contributed by atoms with Crippen LogP contribution in [0.3, 0.4) is 0 Å². The summed E-state index contributed by atoms with van der Waals surface area (Å²) in [5.74, 6) is 2.43. The van der Waals surface area contributed by atoms with Crippen LogP contribution in [0.1, 0.15) is 31.9 Å². The van der Waals surface area contributed by atoms with Crippen LogP contribution in [-0.2, 0) is 0 Å². The number of allylic oxidation sites excluding steroid dienone is 1. The van der Waals surface area contributed by atoms with Gasteiger partial charge in [0.25, 0.3) is 0 Å². The lowest BCUT2D eigenvalue weighted by atomic mass is 9.97. The van der Waals surface area contributed by atoms with E-state index in [0.29, 0.717) is 35.0 Å². The maximum Gasteiger partial charge on any atom is 0.136 e. The number of fused-ring (bicyclic) bond motifs is 1. The van der Waals surface area contributed by atoms with Crippen molar-refractivity contribution in [3.05, 3.63) is 35.4 Å². The molecule has 2 aromatic rings. The molecule has 2 aromatic carbocycles. The molecule has 136 valence electrons. The van der Waals surface area contributed by atoms with Gasteiger partial charge in [-0.2, -0.15) is 0 Å². The largest absolute Gasteiger partial charge is 0.496 e. The highest BCUT2D eigenvalue weighted by Gasteiger charge is 2.23. The van der Waals surface area contributed by atoms with Gasteiger partial charge in [0.2, 0.25) is 0 Å². The molecule has 0 aliphatic heterocycles. The highest BCUT2D eigenvalue weighted by molar-refractivity contribution is 6.03. The van der Waals surface area contributed by atoms with Crippen LogP contribution in [0.15, 0.2) is 29.8 Å². The third-order valence-electron chi connectivity index (χ3n) is 4.12. The lowest BCUT2D eigenvalue weighted by Crippen LogP contribution is -2.03. The molecule has 0 radical (unpaired) electrons. The van der Waals surface area contributed by atoms with Crippen molar-refractivity contribution in [3.8, 4) is 23.0 Å². The second-order valence-corrected chi connectivity index (χ2v) is 5.95. The molecule has 0 saturated heterocycles. The molecule has 0 heterocycles. The van der Waals surface area contributed by atoms with Gasteiger partial charge in [-0.1, -0.05) is 11.6 Å². The lowest BCUT2D eigenvalue weighted by Gasteiger charge is -2.21. The summed E-state index contributed by atoms with van der Waals surface area (Å²) in [6.07, 6.45) is 1.75. The van der Waals surface area contributed by atoms with E-state index in [9.17, 15) is 5.11 Å². The maximum absolute atomic E-state index is 10.7. The number of hydrogen-bond acceptors (Lipinski definition) is 5. The van der Waals surface area contributed by atoms with Gasteiger partial charge in [-0.25, -0.2) is 0 Å². The van der Waals surface area contributed by atoms with Gasteiger partial charge in [-0.05, 0) is 38.5 Å². The standard InChI is InChI=1S/C20H26O5/c1-12(2)7-8-14(21)13-11-17(24-5)18-15(22-3)9-10-16(23-4)19(18)20(13)25-6/h7,9-11,14,21H,8H2,1-6H3/t14-/m1/s1. The van der Waals surface area contributed by atoms with Gasteiger partial charge >= 0.3 is 0 Å². The minimum atomic E-state index is -0.723. The normalized spacial score (nSPS) is 11.8. The Balaban J connectivity index is 2.82. The summed E-state index contributed by atoms with van der Waals surface area (Å²) in [6, 6.07) is 5.43. The molecule has 0 fully saturated rings. The highest BCUT2D eigenvalue weighted by atomic mass is 16.5. The molecule has 0 unspecified atom stereocenters. The maximum atomic E-state index is 10.7. The average Bonchev–Trinajstić information content (AvgIpc) is 2.63. The Morgan fingerprint density at radius 3 is 1.96 bits per heavy atom. The van der Waals surface area contributed by atoms with Crippen LogP contribution in [0.25, 0.3) is 10.8 Å². The van der Waals surface area contributed by atoms with Gasteiger partial charge in [0, 0.05) is 5.56 Å². The number of aliphatic hydroxyl groups excluding tert-OH is 1. The third kappa shape index (κ3) is 3.66. The Kier molecular flexibility index (Phi) is 6.15. The van der Waals surface area contributed by atoms with E-state index < -0.39 is 6.10 Å². The summed E-state index contributed by atoms with van der Waals surface area (Å²) >= 11 is 0. The molecule has 25 heavy (non-hydrogen) atoms. The Morgan fingerprint density at radius 1 is 0.920 bits per heavy atom. The van der Waals surface area contributed by atoms with Crippen LogP contribution >= 0.6 is 0 Å². The molecular weight excluding hydrogens is 320 g/mol.